The van der Waals surface area contributed by atoms with E-state index in [4.69, 9.17) is 10.2 Å². The van der Waals surface area contributed by atoms with Gasteiger partial charge in [-0.05, 0) is 13.3 Å². The first kappa shape index (κ1) is 8.43. The summed E-state index contributed by atoms with van der Waals surface area (Å²) in [4.78, 5) is 10.2. The van der Waals surface area contributed by atoms with Gasteiger partial charge in [0, 0.05) is 0 Å². The molecule has 0 fully saturated rings. The van der Waals surface area contributed by atoms with Crippen molar-refractivity contribution < 1.29 is 15.0 Å². The van der Waals surface area contributed by atoms with E-state index in [0.717, 1.165) is 0 Å². The summed E-state index contributed by atoms with van der Waals surface area (Å²) in [5, 5.41) is 17.2. The molecule has 54 valence electrons. The number of carboxylic acids is 1. The molecule has 0 aromatic rings. The van der Waals surface area contributed by atoms with Crippen LogP contribution in [-0.2, 0) is 4.79 Å². The zero-order chi connectivity index (χ0) is 7.44. The monoisotopic (exact) mass is 132 g/mol. The summed E-state index contributed by atoms with van der Waals surface area (Å²) in [6.07, 6.45) is -0.264. The van der Waals surface area contributed by atoms with E-state index >= 15 is 0 Å². The molecule has 0 heterocycles. The number of hydrogen-bond donors (Lipinski definition) is 2. The minimum atomic E-state index is -0.924. The molecule has 0 rings (SSSR count). The lowest BCUT2D eigenvalue weighted by Crippen LogP contribution is -2.24. The van der Waals surface area contributed by atoms with Crippen molar-refractivity contribution in [2.75, 3.05) is 0 Å². The molecule has 0 unspecified atom stereocenters. The Hall–Kier alpha value is -0.570. The van der Waals surface area contributed by atoms with E-state index in [2.05, 4.69) is 0 Å². The molecule has 0 aliphatic rings. The number of rotatable bonds is 3. The highest BCUT2D eigenvalue weighted by molar-refractivity contribution is 5.70. The molecular formula is C6H12O3. The lowest BCUT2D eigenvalue weighted by molar-refractivity contribution is -0.145. The molecule has 0 aliphatic heterocycles. The number of hydrogen-bond acceptors (Lipinski definition) is 2. The van der Waals surface area contributed by atoms with Gasteiger partial charge in [0.2, 0.25) is 0 Å². The van der Waals surface area contributed by atoms with Gasteiger partial charge in [0.15, 0.2) is 0 Å². The summed E-state index contributed by atoms with van der Waals surface area (Å²) in [6.45, 7) is 3.23. The van der Waals surface area contributed by atoms with E-state index in [1.807, 2.05) is 0 Å². The molecule has 2 atom stereocenters. The fraction of sp³-hybridized carbons (Fsp3) is 0.833. The highest BCUT2D eigenvalue weighted by atomic mass is 16.4. The Labute approximate surface area is 54.3 Å². The molecule has 0 saturated heterocycles. The van der Waals surface area contributed by atoms with E-state index < -0.39 is 18.0 Å². The SMILES string of the molecule is CC[C@@H](C(=O)O)[C@@H](C)O. The van der Waals surface area contributed by atoms with Gasteiger partial charge in [-0.1, -0.05) is 6.92 Å². The second-order valence-corrected chi connectivity index (χ2v) is 2.09. The average Bonchev–Trinajstić information content (AvgIpc) is 1.64. The Morgan fingerprint density at radius 2 is 2.11 bits per heavy atom. The van der Waals surface area contributed by atoms with Gasteiger partial charge in [0.1, 0.15) is 0 Å². The second-order valence-electron chi connectivity index (χ2n) is 2.09. The molecule has 0 aromatic heterocycles. The minimum absolute atomic E-state index is 0.479. The van der Waals surface area contributed by atoms with Gasteiger partial charge >= 0.3 is 5.97 Å². The molecule has 9 heavy (non-hydrogen) atoms. The Kier molecular flexibility index (Phi) is 3.24. The molecule has 3 nitrogen and oxygen atoms in total. The summed E-state index contributed by atoms with van der Waals surface area (Å²) in [6, 6.07) is 0. The van der Waals surface area contributed by atoms with Crippen LogP contribution >= 0.6 is 0 Å². The van der Waals surface area contributed by atoms with Crippen LogP contribution in [0, 0.1) is 5.92 Å². The predicted octanol–water partition coefficient (Wildman–Crippen LogP) is 0.478. The molecule has 0 radical (unpaired) electrons. The number of carboxylic acid groups (broad SMARTS) is 1. The van der Waals surface area contributed by atoms with Crippen LogP contribution in [0.15, 0.2) is 0 Å². The Balaban J connectivity index is 3.83. The third-order valence-electron chi connectivity index (χ3n) is 1.34. The first-order valence-corrected chi connectivity index (χ1v) is 3.00. The van der Waals surface area contributed by atoms with Crippen molar-refractivity contribution in [1.82, 2.24) is 0 Å². The summed E-state index contributed by atoms with van der Waals surface area (Å²) >= 11 is 0. The first-order valence-electron chi connectivity index (χ1n) is 3.00. The molecule has 0 amide bonds. The summed E-state index contributed by atoms with van der Waals surface area (Å²) < 4.78 is 0. The summed E-state index contributed by atoms with van der Waals surface area (Å²) in [5.74, 6) is -1.53. The zero-order valence-corrected chi connectivity index (χ0v) is 5.66. The highest BCUT2D eigenvalue weighted by Gasteiger charge is 2.19. The van der Waals surface area contributed by atoms with Crippen molar-refractivity contribution in [2.24, 2.45) is 5.92 Å². The molecule has 0 aromatic carbocycles. The number of carbonyl (C=O) groups is 1. The van der Waals surface area contributed by atoms with Crippen molar-refractivity contribution >= 4 is 5.97 Å². The lowest BCUT2D eigenvalue weighted by Gasteiger charge is -2.11. The van der Waals surface area contributed by atoms with Gasteiger partial charge in [0.05, 0.1) is 12.0 Å². The molecule has 0 aliphatic carbocycles. The van der Waals surface area contributed by atoms with Crippen LogP contribution in [0.25, 0.3) is 0 Å². The number of aliphatic hydroxyl groups is 1. The van der Waals surface area contributed by atoms with E-state index in [1.54, 1.807) is 6.92 Å². The van der Waals surface area contributed by atoms with Gasteiger partial charge in [-0.2, -0.15) is 0 Å². The van der Waals surface area contributed by atoms with E-state index in [0.29, 0.717) is 6.42 Å². The molecule has 2 N–H and O–H groups in total. The van der Waals surface area contributed by atoms with Crippen molar-refractivity contribution in [1.29, 1.82) is 0 Å². The van der Waals surface area contributed by atoms with Gasteiger partial charge < -0.3 is 10.2 Å². The van der Waals surface area contributed by atoms with Crippen LogP contribution < -0.4 is 0 Å². The topological polar surface area (TPSA) is 57.5 Å². The predicted molar refractivity (Wildman–Crippen MR) is 33.1 cm³/mol. The van der Waals surface area contributed by atoms with Gasteiger partial charge in [-0.3, -0.25) is 4.79 Å². The normalized spacial score (nSPS) is 16.8. The van der Waals surface area contributed by atoms with E-state index in [9.17, 15) is 4.79 Å². The smallest absolute Gasteiger partial charge is 0.309 e. The van der Waals surface area contributed by atoms with Gasteiger partial charge in [0.25, 0.3) is 0 Å². The third kappa shape index (κ3) is 2.46. The fourth-order valence-electron chi connectivity index (χ4n) is 0.722. The Bertz CT molecular complexity index is 98.5. The van der Waals surface area contributed by atoms with Crippen molar-refractivity contribution in [2.45, 2.75) is 26.4 Å². The maximum Gasteiger partial charge on any atom is 0.309 e. The molecule has 0 bridgehead atoms. The van der Waals surface area contributed by atoms with E-state index in [1.165, 1.54) is 6.92 Å². The van der Waals surface area contributed by atoms with Crippen LogP contribution in [-0.4, -0.2) is 22.3 Å². The van der Waals surface area contributed by atoms with Crippen molar-refractivity contribution in [3.8, 4) is 0 Å². The maximum atomic E-state index is 10.2. The number of aliphatic carboxylic acids is 1. The second kappa shape index (κ2) is 3.45. The highest BCUT2D eigenvalue weighted by Crippen LogP contribution is 2.07. The Morgan fingerprint density at radius 1 is 1.67 bits per heavy atom. The van der Waals surface area contributed by atoms with Crippen molar-refractivity contribution in [3.05, 3.63) is 0 Å². The van der Waals surface area contributed by atoms with E-state index in [-0.39, 0.29) is 0 Å². The average molecular weight is 132 g/mol. The van der Waals surface area contributed by atoms with Crippen LogP contribution in [0.4, 0.5) is 0 Å². The quantitative estimate of drug-likeness (QED) is 0.587. The lowest BCUT2D eigenvalue weighted by atomic mass is 10.0. The summed E-state index contributed by atoms with van der Waals surface area (Å²) in [5.41, 5.74) is 0. The molecular weight excluding hydrogens is 120 g/mol. The maximum absolute atomic E-state index is 10.2. The largest absolute Gasteiger partial charge is 0.481 e. The molecule has 3 heteroatoms. The molecule has 0 saturated carbocycles. The van der Waals surface area contributed by atoms with Crippen LogP contribution in [0.1, 0.15) is 20.3 Å². The van der Waals surface area contributed by atoms with Crippen LogP contribution in [0.3, 0.4) is 0 Å². The van der Waals surface area contributed by atoms with Crippen LogP contribution in [0.5, 0.6) is 0 Å². The first-order chi connectivity index (χ1) is 4.09. The third-order valence-corrected chi connectivity index (χ3v) is 1.34. The number of aliphatic hydroxyl groups excluding tert-OH is 1. The van der Waals surface area contributed by atoms with Gasteiger partial charge in [-0.15, -0.1) is 0 Å². The minimum Gasteiger partial charge on any atom is -0.481 e. The van der Waals surface area contributed by atoms with Crippen molar-refractivity contribution in [3.63, 3.8) is 0 Å². The summed E-state index contributed by atoms with van der Waals surface area (Å²) in [7, 11) is 0. The standard InChI is InChI=1S/C6H12O3/c1-3-5(4(2)7)6(8)9/h4-5,7H,3H2,1-2H3,(H,8,9)/t4-,5-/m1/s1. The molecule has 0 spiro atoms. The fourth-order valence-corrected chi connectivity index (χ4v) is 0.722. The van der Waals surface area contributed by atoms with Crippen LogP contribution in [0.2, 0.25) is 0 Å². The Morgan fingerprint density at radius 3 is 2.11 bits per heavy atom. The zero-order valence-electron chi connectivity index (χ0n) is 5.66. The van der Waals surface area contributed by atoms with Gasteiger partial charge in [-0.25, -0.2) is 0 Å².